The summed E-state index contributed by atoms with van der Waals surface area (Å²) in [5.74, 6) is -0.581. The standard InChI is InChI=1S/C17H13ClFNO3S/c1-20-9-15(13-7-10(18)3-5-12(13)17(20)21)14-8-11(24(2,22)23)4-6-16(14)19/h3-9H,1-2H3. The molecular weight excluding hydrogens is 353 g/mol. The van der Waals surface area contributed by atoms with Crippen molar-refractivity contribution in [1.82, 2.24) is 4.57 Å². The fourth-order valence-corrected chi connectivity index (χ4v) is 3.41. The zero-order valence-electron chi connectivity index (χ0n) is 12.9. The smallest absolute Gasteiger partial charge is 0.258 e. The Hall–Kier alpha value is -2.18. The maximum absolute atomic E-state index is 14.4. The van der Waals surface area contributed by atoms with E-state index < -0.39 is 15.7 Å². The molecule has 0 spiro atoms. The van der Waals surface area contributed by atoms with Crippen LogP contribution in [-0.2, 0) is 16.9 Å². The Bertz CT molecular complexity index is 1140. The van der Waals surface area contributed by atoms with Gasteiger partial charge in [-0.05, 0) is 41.8 Å². The Morgan fingerprint density at radius 1 is 1.04 bits per heavy atom. The number of nitrogens with zero attached hydrogens (tertiary/aromatic N) is 1. The average molecular weight is 366 g/mol. The molecule has 0 radical (unpaired) electrons. The van der Waals surface area contributed by atoms with Crippen molar-refractivity contribution in [3.05, 3.63) is 63.8 Å². The Labute approximate surface area is 143 Å². The van der Waals surface area contributed by atoms with Crippen LogP contribution in [0.25, 0.3) is 21.9 Å². The van der Waals surface area contributed by atoms with Gasteiger partial charge in [0.2, 0.25) is 0 Å². The van der Waals surface area contributed by atoms with Crippen molar-refractivity contribution < 1.29 is 12.8 Å². The second-order valence-corrected chi connectivity index (χ2v) is 8.01. The van der Waals surface area contributed by atoms with E-state index >= 15 is 0 Å². The van der Waals surface area contributed by atoms with E-state index in [9.17, 15) is 17.6 Å². The maximum atomic E-state index is 14.4. The van der Waals surface area contributed by atoms with E-state index in [1.54, 1.807) is 25.2 Å². The Morgan fingerprint density at radius 3 is 2.42 bits per heavy atom. The predicted molar refractivity (Wildman–Crippen MR) is 92.7 cm³/mol. The van der Waals surface area contributed by atoms with E-state index in [2.05, 4.69) is 0 Å². The third kappa shape index (κ3) is 2.83. The van der Waals surface area contributed by atoms with Crippen LogP contribution in [-0.4, -0.2) is 19.2 Å². The molecule has 0 aliphatic carbocycles. The predicted octanol–water partition coefficient (Wildman–Crippen LogP) is 3.40. The first-order valence-electron chi connectivity index (χ1n) is 6.97. The van der Waals surface area contributed by atoms with Crippen LogP contribution in [0, 0.1) is 5.82 Å². The normalized spacial score (nSPS) is 11.8. The first-order chi connectivity index (χ1) is 11.2. The number of pyridine rings is 1. The molecule has 0 bridgehead atoms. The van der Waals surface area contributed by atoms with Crippen LogP contribution < -0.4 is 5.56 Å². The summed E-state index contributed by atoms with van der Waals surface area (Å²) in [5, 5.41) is 1.25. The topological polar surface area (TPSA) is 56.1 Å². The molecule has 0 saturated carbocycles. The van der Waals surface area contributed by atoms with Crippen molar-refractivity contribution in [2.45, 2.75) is 4.90 Å². The van der Waals surface area contributed by atoms with Gasteiger partial charge in [-0.2, -0.15) is 0 Å². The van der Waals surface area contributed by atoms with E-state index in [4.69, 9.17) is 11.6 Å². The van der Waals surface area contributed by atoms with Gasteiger partial charge in [0.1, 0.15) is 5.82 Å². The molecule has 0 aliphatic rings. The first-order valence-corrected chi connectivity index (χ1v) is 9.24. The average Bonchev–Trinajstić information content (AvgIpc) is 2.50. The Balaban J connectivity index is 2.45. The van der Waals surface area contributed by atoms with Crippen LogP contribution >= 0.6 is 11.6 Å². The number of aryl methyl sites for hydroxylation is 1. The van der Waals surface area contributed by atoms with Crippen LogP contribution in [0.4, 0.5) is 4.39 Å². The zero-order valence-corrected chi connectivity index (χ0v) is 14.5. The summed E-state index contributed by atoms with van der Waals surface area (Å²) >= 11 is 6.02. The van der Waals surface area contributed by atoms with Gasteiger partial charge in [0.25, 0.3) is 5.56 Å². The molecule has 3 rings (SSSR count). The number of fused-ring (bicyclic) bond motifs is 1. The number of aromatic nitrogens is 1. The quantitative estimate of drug-likeness (QED) is 0.654. The molecule has 4 nitrogen and oxygen atoms in total. The number of hydrogen-bond donors (Lipinski definition) is 0. The molecule has 7 heteroatoms. The highest BCUT2D eigenvalue weighted by Gasteiger charge is 2.16. The van der Waals surface area contributed by atoms with E-state index in [1.165, 1.54) is 22.9 Å². The molecule has 0 amide bonds. The number of benzene rings is 2. The van der Waals surface area contributed by atoms with Gasteiger partial charge in [-0.3, -0.25) is 4.79 Å². The summed E-state index contributed by atoms with van der Waals surface area (Å²) in [6.07, 6.45) is 2.53. The maximum Gasteiger partial charge on any atom is 0.258 e. The number of halogens is 2. The highest BCUT2D eigenvalue weighted by molar-refractivity contribution is 7.90. The molecule has 1 heterocycles. The lowest BCUT2D eigenvalue weighted by atomic mass is 10.00. The second-order valence-electron chi connectivity index (χ2n) is 5.56. The fourth-order valence-electron chi connectivity index (χ4n) is 2.59. The van der Waals surface area contributed by atoms with Crippen molar-refractivity contribution in [2.24, 2.45) is 7.05 Å². The lowest BCUT2D eigenvalue weighted by Gasteiger charge is -2.12. The number of rotatable bonds is 2. The lowest BCUT2D eigenvalue weighted by molar-refractivity contribution is 0.600. The third-order valence-electron chi connectivity index (χ3n) is 3.80. The summed E-state index contributed by atoms with van der Waals surface area (Å²) in [6, 6.07) is 8.31. The summed E-state index contributed by atoms with van der Waals surface area (Å²) in [7, 11) is -1.94. The van der Waals surface area contributed by atoms with Gasteiger partial charge >= 0.3 is 0 Å². The monoisotopic (exact) mass is 365 g/mol. The number of hydrogen-bond acceptors (Lipinski definition) is 3. The highest BCUT2D eigenvalue weighted by atomic mass is 35.5. The fraction of sp³-hybridized carbons (Fsp3) is 0.118. The molecule has 0 aliphatic heterocycles. The summed E-state index contributed by atoms with van der Waals surface area (Å²) in [4.78, 5) is 12.3. The Morgan fingerprint density at radius 2 is 1.75 bits per heavy atom. The van der Waals surface area contributed by atoms with Gasteiger partial charge in [-0.25, -0.2) is 12.8 Å². The van der Waals surface area contributed by atoms with E-state index in [-0.39, 0.29) is 16.0 Å². The van der Waals surface area contributed by atoms with Gasteiger partial charge in [0.15, 0.2) is 9.84 Å². The molecule has 0 fully saturated rings. The minimum atomic E-state index is -3.49. The summed E-state index contributed by atoms with van der Waals surface area (Å²) < 4.78 is 39.3. The molecule has 24 heavy (non-hydrogen) atoms. The lowest BCUT2D eigenvalue weighted by Crippen LogP contribution is -2.16. The minimum Gasteiger partial charge on any atom is -0.317 e. The largest absolute Gasteiger partial charge is 0.317 e. The van der Waals surface area contributed by atoms with Crippen molar-refractivity contribution in [2.75, 3.05) is 6.26 Å². The number of sulfone groups is 1. The first kappa shape index (κ1) is 16.7. The van der Waals surface area contributed by atoms with Crippen LogP contribution in [0.2, 0.25) is 5.02 Å². The van der Waals surface area contributed by atoms with Gasteiger partial charge < -0.3 is 4.57 Å². The molecule has 2 aromatic carbocycles. The summed E-state index contributed by atoms with van der Waals surface area (Å²) in [6.45, 7) is 0. The van der Waals surface area contributed by atoms with Gasteiger partial charge in [-0.15, -0.1) is 0 Å². The van der Waals surface area contributed by atoms with Crippen molar-refractivity contribution in [3.8, 4) is 11.1 Å². The molecule has 0 saturated heterocycles. The van der Waals surface area contributed by atoms with Crippen LogP contribution in [0.3, 0.4) is 0 Å². The SMILES string of the molecule is Cn1cc(-c2cc(S(C)(=O)=O)ccc2F)c2cc(Cl)ccc2c1=O. The van der Waals surface area contributed by atoms with Crippen molar-refractivity contribution in [3.63, 3.8) is 0 Å². The zero-order chi connectivity index (χ0) is 17.6. The molecule has 0 atom stereocenters. The molecule has 0 N–H and O–H groups in total. The van der Waals surface area contributed by atoms with E-state index in [1.807, 2.05) is 0 Å². The molecule has 3 aromatic rings. The Kier molecular flexibility index (Phi) is 3.97. The van der Waals surface area contributed by atoms with Crippen molar-refractivity contribution in [1.29, 1.82) is 0 Å². The highest BCUT2D eigenvalue weighted by Crippen LogP contribution is 2.32. The van der Waals surface area contributed by atoms with E-state index in [0.717, 1.165) is 12.3 Å². The van der Waals surface area contributed by atoms with Crippen LogP contribution in [0.1, 0.15) is 0 Å². The van der Waals surface area contributed by atoms with Crippen molar-refractivity contribution >= 4 is 32.2 Å². The van der Waals surface area contributed by atoms with Crippen LogP contribution in [0.15, 0.2) is 52.3 Å². The van der Waals surface area contributed by atoms with E-state index in [0.29, 0.717) is 21.4 Å². The van der Waals surface area contributed by atoms with Gasteiger partial charge in [0.05, 0.1) is 4.90 Å². The second kappa shape index (κ2) is 5.72. The molecule has 0 unspecified atom stereocenters. The molecular formula is C17H13ClFNO3S. The van der Waals surface area contributed by atoms with Gasteiger partial charge in [-0.1, -0.05) is 11.6 Å². The van der Waals surface area contributed by atoms with Crippen LogP contribution in [0.5, 0.6) is 0 Å². The minimum absolute atomic E-state index is 0.00271. The third-order valence-corrected chi connectivity index (χ3v) is 5.15. The summed E-state index contributed by atoms with van der Waals surface area (Å²) in [5.41, 5.74) is 0.253. The molecule has 124 valence electrons. The van der Waals surface area contributed by atoms with Gasteiger partial charge in [0, 0.05) is 41.0 Å². The molecule has 1 aromatic heterocycles.